The number of nitrogens with zero attached hydrogens (tertiary/aromatic N) is 1. The van der Waals surface area contributed by atoms with E-state index in [1.807, 2.05) is 24.3 Å². The Morgan fingerprint density at radius 1 is 1.31 bits per heavy atom. The van der Waals surface area contributed by atoms with E-state index in [1.54, 1.807) is 11.3 Å². The molecule has 3 aromatic rings. The highest BCUT2D eigenvalue weighted by molar-refractivity contribution is 7.22. The number of nitrogens with one attached hydrogen (secondary N) is 1. The van der Waals surface area contributed by atoms with Gasteiger partial charge in [-0.25, -0.2) is 0 Å². The van der Waals surface area contributed by atoms with Crippen LogP contribution in [0.2, 0.25) is 5.02 Å². The van der Waals surface area contributed by atoms with Gasteiger partial charge in [0.15, 0.2) is 0 Å². The minimum atomic E-state index is 0.499. The van der Waals surface area contributed by atoms with Crippen molar-refractivity contribution in [2.24, 2.45) is 0 Å². The molecule has 2 aromatic heterocycles. The molecule has 0 radical (unpaired) electrons. The lowest BCUT2D eigenvalue weighted by atomic mass is 10.2. The maximum Gasteiger partial charge on any atom is 0.145 e. The standard InChI is InChI=1S/C11H8ClN3S/c12-7-3-1-2-6-4-9(16-11(6)7)8-5-10(13)15-14-8/h1-5H,(H3,13,14,15). The molecule has 0 bridgehead atoms. The summed E-state index contributed by atoms with van der Waals surface area (Å²) in [7, 11) is 0. The lowest BCUT2D eigenvalue weighted by Gasteiger charge is -1.89. The van der Waals surface area contributed by atoms with Gasteiger partial charge in [0.1, 0.15) is 5.82 Å². The first-order chi connectivity index (χ1) is 7.74. The Labute approximate surface area is 101 Å². The zero-order chi connectivity index (χ0) is 11.1. The average Bonchev–Trinajstić information content (AvgIpc) is 2.84. The summed E-state index contributed by atoms with van der Waals surface area (Å²) in [5.74, 6) is 0.499. The zero-order valence-corrected chi connectivity index (χ0v) is 9.77. The molecule has 16 heavy (non-hydrogen) atoms. The number of nitrogens with two attached hydrogens (primary N) is 1. The van der Waals surface area contributed by atoms with Crippen LogP contribution >= 0.6 is 22.9 Å². The summed E-state index contributed by atoms with van der Waals surface area (Å²) in [6, 6.07) is 9.78. The normalized spacial score (nSPS) is 11.1. The fourth-order valence-corrected chi connectivity index (χ4v) is 2.95. The molecule has 0 saturated carbocycles. The van der Waals surface area contributed by atoms with Crippen molar-refractivity contribution in [3.63, 3.8) is 0 Å². The van der Waals surface area contributed by atoms with Crippen LogP contribution in [-0.2, 0) is 0 Å². The van der Waals surface area contributed by atoms with Gasteiger partial charge in [-0.3, -0.25) is 5.10 Å². The Balaban J connectivity index is 2.22. The highest BCUT2D eigenvalue weighted by Crippen LogP contribution is 2.36. The van der Waals surface area contributed by atoms with Crippen LogP contribution < -0.4 is 5.73 Å². The van der Waals surface area contributed by atoms with Crippen LogP contribution in [0.15, 0.2) is 30.3 Å². The fraction of sp³-hybridized carbons (Fsp3) is 0. The largest absolute Gasteiger partial charge is 0.382 e. The zero-order valence-electron chi connectivity index (χ0n) is 8.20. The van der Waals surface area contributed by atoms with Crippen molar-refractivity contribution in [3.05, 3.63) is 35.4 Å². The summed E-state index contributed by atoms with van der Waals surface area (Å²) < 4.78 is 1.09. The van der Waals surface area contributed by atoms with E-state index < -0.39 is 0 Å². The molecule has 5 heteroatoms. The molecule has 3 N–H and O–H groups in total. The van der Waals surface area contributed by atoms with Crippen molar-refractivity contribution in [3.8, 4) is 10.6 Å². The number of H-pyrrole nitrogens is 1. The predicted octanol–water partition coefficient (Wildman–Crippen LogP) is 3.53. The number of thiophene rings is 1. The van der Waals surface area contributed by atoms with E-state index in [0.717, 1.165) is 25.7 Å². The van der Waals surface area contributed by atoms with Crippen LogP contribution in [0.3, 0.4) is 0 Å². The monoisotopic (exact) mass is 249 g/mol. The molecule has 0 amide bonds. The van der Waals surface area contributed by atoms with Gasteiger partial charge < -0.3 is 5.73 Å². The fourth-order valence-electron chi connectivity index (χ4n) is 1.62. The van der Waals surface area contributed by atoms with Crippen molar-refractivity contribution in [1.29, 1.82) is 0 Å². The van der Waals surface area contributed by atoms with Crippen molar-refractivity contribution in [2.75, 3.05) is 5.73 Å². The van der Waals surface area contributed by atoms with Crippen molar-refractivity contribution >= 4 is 38.8 Å². The van der Waals surface area contributed by atoms with Gasteiger partial charge in [-0.2, -0.15) is 5.10 Å². The molecule has 0 atom stereocenters. The third-order valence-electron chi connectivity index (χ3n) is 2.36. The first-order valence-corrected chi connectivity index (χ1v) is 5.93. The molecule has 3 rings (SSSR count). The van der Waals surface area contributed by atoms with Crippen LogP contribution in [0.1, 0.15) is 0 Å². The van der Waals surface area contributed by atoms with Crippen molar-refractivity contribution in [1.82, 2.24) is 10.2 Å². The summed E-state index contributed by atoms with van der Waals surface area (Å²) in [4.78, 5) is 1.09. The van der Waals surface area contributed by atoms with Crippen molar-refractivity contribution in [2.45, 2.75) is 0 Å². The first-order valence-electron chi connectivity index (χ1n) is 4.73. The molecule has 0 spiro atoms. The van der Waals surface area contributed by atoms with E-state index in [1.165, 1.54) is 0 Å². The Morgan fingerprint density at radius 2 is 2.19 bits per heavy atom. The number of halogens is 1. The number of rotatable bonds is 1. The maximum atomic E-state index is 6.12. The second kappa shape index (κ2) is 3.50. The van der Waals surface area contributed by atoms with Crippen LogP contribution in [-0.4, -0.2) is 10.2 Å². The van der Waals surface area contributed by atoms with Crippen LogP contribution in [0, 0.1) is 0 Å². The van der Waals surface area contributed by atoms with Gasteiger partial charge >= 0.3 is 0 Å². The van der Waals surface area contributed by atoms with Gasteiger partial charge in [-0.15, -0.1) is 11.3 Å². The highest BCUT2D eigenvalue weighted by Gasteiger charge is 2.08. The summed E-state index contributed by atoms with van der Waals surface area (Å²) in [5.41, 5.74) is 6.50. The van der Waals surface area contributed by atoms with E-state index in [4.69, 9.17) is 17.3 Å². The van der Waals surface area contributed by atoms with Gasteiger partial charge in [-0.05, 0) is 17.5 Å². The molecule has 80 valence electrons. The van der Waals surface area contributed by atoms with E-state index in [0.29, 0.717) is 5.82 Å². The number of aromatic amines is 1. The third kappa shape index (κ3) is 1.47. The molecule has 2 heterocycles. The van der Waals surface area contributed by atoms with E-state index >= 15 is 0 Å². The number of nitrogen functional groups attached to an aromatic ring is 1. The molecule has 0 aliphatic heterocycles. The van der Waals surface area contributed by atoms with Crippen LogP contribution in [0.25, 0.3) is 20.7 Å². The van der Waals surface area contributed by atoms with Crippen molar-refractivity contribution < 1.29 is 0 Å². The predicted molar refractivity (Wildman–Crippen MR) is 68.8 cm³/mol. The molecule has 0 saturated heterocycles. The molecule has 0 unspecified atom stereocenters. The number of fused-ring (bicyclic) bond motifs is 1. The van der Waals surface area contributed by atoms with Gasteiger partial charge in [-0.1, -0.05) is 23.7 Å². The lowest BCUT2D eigenvalue weighted by molar-refractivity contribution is 1.11. The molecule has 3 nitrogen and oxygen atoms in total. The second-order valence-electron chi connectivity index (χ2n) is 3.48. The number of benzene rings is 1. The number of anilines is 1. The Morgan fingerprint density at radius 3 is 2.88 bits per heavy atom. The Hall–Kier alpha value is -1.52. The second-order valence-corrected chi connectivity index (χ2v) is 4.93. The maximum absolute atomic E-state index is 6.12. The summed E-state index contributed by atoms with van der Waals surface area (Å²) in [6.45, 7) is 0. The molecule has 0 aliphatic rings. The lowest BCUT2D eigenvalue weighted by Crippen LogP contribution is -1.81. The van der Waals surface area contributed by atoms with Gasteiger partial charge in [0, 0.05) is 6.07 Å². The third-order valence-corrected chi connectivity index (χ3v) is 4.00. The topological polar surface area (TPSA) is 54.7 Å². The number of aromatic nitrogens is 2. The molecular formula is C11H8ClN3S. The Kier molecular flexibility index (Phi) is 2.12. The Bertz CT molecular complexity index is 656. The minimum Gasteiger partial charge on any atom is -0.382 e. The quantitative estimate of drug-likeness (QED) is 0.693. The summed E-state index contributed by atoms with van der Waals surface area (Å²) in [6.07, 6.45) is 0. The summed E-state index contributed by atoms with van der Waals surface area (Å²) in [5, 5.41) is 8.72. The van der Waals surface area contributed by atoms with Crippen LogP contribution in [0.5, 0.6) is 0 Å². The number of hydrogen-bond donors (Lipinski definition) is 2. The minimum absolute atomic E-state index is 0.499. The SMILES string of the molecule is Nc1cc(-c2cc3cccc(Cl)c3s2)[nH]n1. The summed E-state index contributed by atoms with van der Waals surface area (Å²) >= 11 is 7.75. The van der Waals surface area contributed by atoms with E-state index in [2.05, 4.69) is 16.3 Å². The highest BCUT2D eigenvalue weighted by atomic mass is 35.5. The van der Waals surface area contributed by atoms with Gasteiger partial charge in [0.2, 0.25) is 0 Å². The number of hydrogen-bond acceptors (Lipinski definition) is 3. The van der Waals surface area contributed by atoms with Crippen LogP contribution in [0.4, 0.5) is 5.82 Å². The average molecular weight is 250 g/mol. The molecule has 0 fully saturated rings. The molecular weight excluding hydrogens is 242 g/mol. The van der Waals surface area contributed by atoms with Gasteiger partial charge in [0.25, 0.3) is 0 Å². The first kappa shape index (κ1) is 9.69. The van der Waals surface area contributed by atoms with E-state index in [9.17, 15) is 0 Å². The molecule has 0 aliphatic carbocycles. The molecule has 1 aromatic carbocycles. The van der Waals surface area contributed by atoms with Gasteiger partial charge in [0.05, 0.1) is 20.3 Å². The smallest absolute Gasteiger partial charge is 0.145 e. The van der Waals surface area contributed by atoms with E-state index in [-0.39, 0.29) is 0 Å².